The summed E-state index contributed by atoms with van der Waals surface area (Å²) in [5, 5.41) is 12.2. The highest BCUT2D eigenvalue weighted by Crippen LogP contribution is 2.32. The number of alkyl halides is 3. The van der Waals surface area contributed by atoms with E-state index >= 15 is 0 Å². The van der Waals surface area contributed by atoms with E-state index in [0.717, 1.165) is 12.1 Å². The fraction of sp³-hybridized carbons (Fsp3) is 0.600. The number of benzene rings is 1. The zero-order valence-corrected chi connectivity index (χ0v) is 16.7. The number of carbonyl (C=O) groups is 1. The number of nitrogens with zero attached hydrogens (tertiary/aromatic N) is 3. The molecule has 5 nitrogen and oxygen atoms in total. The Labute approximate surface area is 164 Å². The van der Waals surface area contributed by atoms with Gasteiger partial charge in [-0.3, -0.25) is 9.69 Å². The van der Waals surface area contributed by atoms with Crippen LogP contribution in [-0.4, -0.2) is 48.6 Å². The van der Waals surface area contributed by atoms with Gasteiger partial charge in [0.05, 0.1) is 17.7 Å². The van der Waals surface area contributed by atoms with Crippen molar-refractivity contribution < 1.29 is 18.0 Å². The molecule has 1 N–H and O–H groups in total. The molecule has 1 fully saturated rings. The number of halogens is 3. The molecule has 2 rings (SSSR count). The maximum Gasteiger partial charge on any atom is 0.416 e. The summed E-state index contributed by atoms with van der Waals surface area (Å²) < 4.78 is 38.8. The van der Waals surface area contributed by atoms with Crippen molar-refractivity contribution in [2.45, 2.75) is 45.5 Å². The van der Waals surface area contributed by atoms with Gasteiger partial charge in [0.1, 0.15) is 5.54 Å². The highest BCUT2D eigenvalue weighted by molar-refractivity contribution is 5.82. The number of hydrogen-bond acceptors (Lipinski definition) is 4. The number of nitrogens with one attached hydrogen (secondary N) is 1. The van der Waals surface area contributed by atoms with Crippen LogP contribution in [0, 0.1) is 17.2 Å². The molecule has 2 unspecified atom stereocenters. The van der Waals surface area contributed by atoms with Crippen molar-refractivity contribution in [2.75, 3.05) is 31.1 Å². The Morgan fingerprint density at radius 1 is 1.18 bits per heavy atom. The number of anilines is 1. The zero-order chi connectivity index (χ0) is 21.1. The molecule has 8 heteroatoms. The first-order valence-corrected chi connectivity index (χ1v) is 9.37. The molecular formula is C20H27F3N4O. The third-order valence-electron chi connectivity index (χ3n) is 5.55. The van der Waals surface area contributed by atoms with Gasteiger partial charge in [-0.25, -0.2) is 0 Å². The van der Waals surface area contributed by atoms with Gasteiger partial charge in [0.25, 0.3) is 0 Å². The van der Waals surface area contributed by atoms with Crippen LogP contribution in [0.4, 0.5) is 18.9 Å². The van der Waals surface area contributed by atoms with Crippen molar-refractivity contribution in [3.05, 3.63) is 29.8 Å². The van der Waals surface area contributed by atoms with E-state index in [2.05, 4.69) is 11.4 Å². The number of carbonyl (C=O) groups excluding carboxylic acids is 1. The molecule has 1 heterocycles. The summed E-state index contributed by atoms with van der Waals surface area (Å²) >= 11 is 0. The molecule has 1 aliphatic rings. The second kappa shape index (κ2) is 8.39. The van der Waals surface area contributed by atoms with Crippen LogP contribution >= 0.6 is 0 Å². The van der Waals surface area contributed by atoms with Crippen molar-refractivity contribution in [1.82, 2.24) is 10.2 Å². The van der Waals surface area contributed by atoms with Gasteiger partial charge in [-0.15, -0.1) is 0 Å². The third-order valence-corrected chi connectivity index (χ3v) is 5.55. The minimum absolute atomic E-state index is 0.0357. The molecule has 28 heavy (non-hydrogen) atoms. The average molecular weight is 396 g/mol. The molecule has 1 amide bonds. The Kier molecular flexibility index (Phi) is 6.60. The molecule has 0 radical (unpaired) electrons. The van der Waals surface area contributed by atoms with Crippen molar-refractivity contribution >= 4 is 11.6 Å². The van der Waals surface area contributed by atoms with Crippen LogP contribution in [0.3, 0.4) is 0 Å². The molecular weight excluding hydrogens is 369 g/mol. The first-order valence-electron chi connectivity index (χ1n) is 9.37. The van der Waals surface area contributed by atoms with Crippen LogP contribution < -0.4 is 10.2 Å². The fourth-order valence-electron chi connectivity index (χ4n) is 3.07. The van der Waals surface area contributed by atoms with Crippen molar-refractivity contribution in [3.8, 4) is 6.07 Å². The zero-order valence-electron chi connectivity index (χ0n) is 16.7. The molecule has 2 atom stereocenters. The highest BCUT2D eigenvalue weighted by atomic mass is 19.4. The molecule has 0 aliphatic carbocycles. The minimum atomic E-state index is -4.37. The third kappa shape index (κ3) is 4.96. The SMILES string of the molecule is CC(C(=O)NC(C)(C#N)C(C)C)N1CCN(c2cccc(C(F)(F)F)c2)CC1. The molecule has 0 bridgehead atoms. The highest BCUT2D eigenvalue weighted by Gasteiger charge is 2.34. The predicted octanol–water partition coefficient (Wildman–Crippen LogP) is 3.27. The minimum Gasteiger partial charge on any atom is -0.369 e. The Balaban J connectivity index is 1.98. The number of piperazine rings is 1. The van der Waals surface area contributed by atoms with Gasteiger partial charge in [0.2, 0.25) is 5.91 Å². The second-order valence-electron chi connectivity index (χ2n) is 7.71. The molecule has 0 spiro atoms. The standard InChI is InChI=1S/C20H27F3N4O/c1-14(2)19(4,13-24)25-18(28)15(3)26-8-10-27(11-9-26)17-7-5-6-16(12-17)20(21,22)23/h5-7,12,14-15H,8-11H2,1-4H3,(H,25,28). The van der Waals surface area contributed by atoms with E-state index in [1.807, 2.05) is 23.6 Å². The second-order valence-corrected chi connectivity index (χ2v) is 7.71. The van der Waals surface area contributed by atoms with Gasteiger partial charge in [-0.05, 0) is 38.0 Å². The summed E-state index contributed by atoms with van der Waals surface area (Å²) in [4.78, 5) is 16.5. The van der Waals surface area contributed by atoms with Crippen LogP contribution in [0.15, 0.2) is 24.3 Å². The lowest BCUT2D eigenvalue weighted by Gasteiger charge is -2.39. The van der Waals surface area contributed by atoms with Gasteiger partial charge in [0.15, 0.2) is 0 Å². The molecule has 1 aromatic carbocycles. The number of nitriles is 1. The molecule has 1 aliphatic heterocycles. The van der Waals surface area contributed by atoms with Crippen molar-refractivity contribution in [2.24, 2.45) is 5.92 Å². The maximum absolute atomic E-state index is 12.9. The number of amides is 1. The predicted molar refractivity (Wildman–Crippen MR) is 102 cm³/mol. The Bertz CT molecular complexity index is 736. The number of hydrogen-bond donors (Lipinski definition) is 1. The normalized spacial score (nSPS) is 19.0. The Hall–Kier alpha value is -2.27. The summed E-state index contributed by atoms with van der Waals surface area (Å²) in [6, 6.07) is 7.04. The Morgan fingerprint density at radius 3 is 2.29 bits per heavy atom. The molecule has 1 aromatic rings. The van der Waals surface area contributed by atoms with E-state index in [-0.39, 0.29) is 11.8 Å². The largest absolute Gasteiger partial charge is 0.416 e. The van der Waals surface area contributed by atoms with E-state index in [1.165, 1.54) is 6.07 Å². The molecule has 1 saturated heterocycles. The van der Waals surface area contributed by atoms with Crippen molar-refractivity contribution in [1.29, 1.82) is 5.26 Å². The summed E-state index contributed by atoms with van der Waals surface area (Å²) in [7, 11) is 0. The van der Waals surface area contributed by atoms with Gasteiger partial charge in [0, 0.05) is 31.9 Å². The van der Waals surface area contributed by atoms with E-state index in [0.29, 0.717) is 31.9 Å². The first-order chi connectivity index (χ1) is 13.0. The maximum atomic E-state index is 12.9. The van der Waals surface area contributed by atoms with E-state index in [1.54, 1.807) is 19.9 Å². The van der Waals surface area contributed by atoms with Crippen molar-refractivity contribution in [3.63, 3.8) is 0 Å². The van der Waals surface area contributed by atoms with Gasteiger partial charge in [-0.2, -0.15) is 18.4 Å². The molecule has 154 valence electrons. The average Bonchev–Trinajstić information content (AvgIpc) is 2.66. The van der Waals surface area contributed by atoms with Crippen LogP contribution in [-0.2, 0) is 11.0 Å². The number of rotatable bonds is 5. The monoisotopic (exact) mass is 396 g/mol. The van der Waals surface area contributed by atoms with Gasteiger partial charge >= 0.3 is 6.18 Å². The fourth-order valence-corrected chi connectivity index (χ4v) is 3.07. The van der Waals surface area contributed by atoms with Crippen LogP contribution in [0.2, 0.25) is 0 Å². The smallest absolute Gasteiger partial charge is 0.369 e. The van der Waals surface area contributed by atoms with E-state index < -0.39 is 23.3 Å². The van der Waals surface area contributed by atoms with Gasteiger partial charge in [-0.1, -0.05) is 19.9 Å². The topological polar surface area (TPSA) is 59.4 Å². The summed E-state index contributed by atoms with van der Waals surface area (Å²) in [6.07, 6.45) is -4.37. The van der Waals surface area contributed by atoms with Crippen LogP contribution in [0.1, 0.15) is 33.3 Å². The van der Waals surface area contributed by atoms with E-state index in [9.17, 15) is 23.2 Å². The lowest BCUT2D eigenvalue weighted by Crippen LogP contribution is -2.58. The lowest BCUT2D eigenvalue weighted by molar-refractivity contribution is -0.137. The lowest BCUT2D eigenvalue weighted by atomic mass is 9.89. The summed E-state index contributed by atoms with van der Waals surface area (Å²) in [6.45, 7) is 9.40. The Morgan fingerprint density at radius 2 is 1.79 bits per heavy atom. The van der Waals surface area contributed by atoms with Crippen LogP contribution in [0.25, 0.3) is 0 Å². The molecule has 0 saturated carbocycles. The van der Waals surface area contributed by atoms with Crippen LogP contribution in [0.5, 0.6) is 0 Å². The summed E-state index contributed by atoms with van der Waals surface area (Å²) in [5.41, 5.74) is -1.07. The first kappa shape index (κ1) is 22.0. The quantitative estimate of drug-likeness (QED) is 0.830. The molecule has 0 aromatic heterocycles. The van der Waals surface area contributed by atoms with E-state index in [4.69, 9.17) is 0 Å². The van der Waals surface area contributed by atoms with Gasteiger partial charge < -0.3 is 10.2 Å². The summed E-state index contributed by atoms with van der Waals surface area (Å²) in [5.74, 6) is -0.253.